The Bertz CT molecular complexity index is 1320. The van der Waals surface area contributed by atoms with Gasteiger partial charge in [-0.2, -0.15) is 14.8 Å². The van der Waals surface area contributed by atoms with Gasteiger partial charge in [-0.3, -0.25) is 4.55 Å². The third-order valence-electron chi connectivity index (χ3n) is 5.15. The molecule has 2 aromatic carbocycles. The maximum Gasteiger partial charge on any atom is 0.267 e. The van der Waals surface area contributed by atoms with Crippen molar-refractivity contribution in [2.24, 2.45) is 0 Å². The van der Waals surface area contributed by atoms with E-state index in [-0.39, 0.29) is 5.16 Å². The fourth-order valence-corrected chi connectivity index (χ4v) is 4.01. The number of hydrogen-bond donors (Lipinski definition) is 1. The Morgan fingerprint density at radius 3 is 2.55 bits per heavy atom. The zero-order valence-electron chi connectivity index (χ0n) is 17.2. The number of aromatic nitrogens is 4. The van der Waals surface area contributed by atoms with Crippen LogP contribution in [-0.2, 0) is 23.9 Å². The third-order valence-corrected chi connectivity index (χ3v) is 5.63. The van der Waals surface area contributed by atoms with Crippen LogP contribution in [0.3, 0.4) is 0 Å². The van der Waals surface area contributed by atoms with Gasteiger partial charge in [0.15, 0.2) is 5.65 Å². The lowest BCUT2D eigenvalue weighted by Crippen LogP contribution is -2.08. The SMILES string of the molecule is CCCc1nc(C)n2nc(S(=O)O)nc2c1Cc1ccc(-c2ccccc2C#N)cc1. The van der Waals surface area contributed by atoms with Crippen LogP contribution in [0.5, 0.6) is 0 Å². The largest absolute Gasteiger partial charge is 0.300 e. The summed E-state index contributed by atoms with van der Waals surface area (Å²) in [5, 5.41) is 13.4. The summed E-state index contributed by atoms with van der Waals surface area (Å²) in [7, 11) is 0. The van der Waals surface area contributed by atoms with Crippen LogP contribution in [0.25, 0.3) is 16.8 Å². The summed E-state index contributed by atoms with van der Waals surface area (Å²) in [6, 6.07) is 17.8. The number of nitrogens with zero attached hydrogens (tertiary/aromatic N) is 5. The fourth-order valence-electron chi connectivity index (χ4n) is 3.69. The standard InChI is InChI=1S/C23H21N5O2S/c1-3-6-21-20(22-26-23(31(29)30)27-28(22)15(2)25-21)13-16-9-11-17(12-10-16)19-8-5-4-7-18(19)14-24/h4-5,7-12H,3,6,13H2,1-2H3,(H,29,30). The molecule has 2 aromatic heterocycles. The van der Waals surface area contributed by atoms with Crippen LogP contribution in [0.1, 0.15) is 41.6 Å². The van der Waals surface area contributed by atoms with Gasteiger partial charge in [-0.05, 0) is 36.1 Å². The smallest absolute Gasteiger partial charge is 0.267 e. The van der Waals surface area contributed by atoms with Gasteiger partial charge in [0.1, 0.15) is 5.82 Å². The second kappa shape index (κ2) is 8.76. The zero-order valence-corrected chi connectivity index (χ0v) is 18.1. The van der Waals surface area contributed by atoms with Gasteiger partial charge in [-0.1, -0.05) is 55.8 Å². The number of benzene rings is 2. The van der Waals surface area contributed by atoms with Crippen LogP contribution in [0, 0.1) is 18.3 Å². The van der Waals surface area contributed by atoms with Crippen molar-refractivity contribution in [1.29, 1.82) is 5.26 Å². The minimum Gasteiger partial charge on any atom is -0.300 e. The molecule has 0 bridgehead atoms. The van der Waals surface area contributed by atoms with E-state index < -0.39 is 11.1 Å². The van der Waals surface area contributed by atoms with Gasteiger partial charge in [0.05, 0.1) is 11.6 Å². The van der Waals surface area contributed by atoms with Crippen molar-refractivity contribution in [2.45, 2.75) is 38.3 Å². The van der Waals surface area contributed by atoms with Gasteiger partial charge < -0.3 is 0 Å². The molecule has 1 N–H and O–H groups in total. The Hall–Kier alpha value is -3.41. The van der Waals surface area contributed by atoms with E-state index in [0.717, 1.165) is 40.8 Å². The Labute approximate surface area is 182 Å². The molecule has 4 aromatic rings. The highest BCUT2D eigenvalue weighted by atomic mass is 32.2. The fraction of sp³-hybridized carbons (Fsp3) is 0.217. The predicted octanol–water partition coefficient (Wildman–Crippen LogP) is 4.10. The van der Waals surface area contributed by atoms with E-state index in [1.807, 2.05) is 55.5 Å². The minimum absolute atomic E-state index is 0.122. The Kier molecular flexibility index (Phi) is 5.89. The molecule has 0 aliphatic carbocycles. The van der Waals surface area contributed by atoms with Crippen molar-refractivity contribution in [1.82, 2.24) is 19.6 Å². The van der Waals surface area contributed by atoms with Gasteiger partial charge in [-0.15, -0.1) is 5.10 Å². The van der Waals surface area contributed by atoms with Crippen molar-refractivity contribution in [3.63, 3.8) is 0 Å². The first-order chi connectivity index (χ1) is 15.0. The molecule has 156 valence electrons. The summed E-state index contributed by atoms with van der Waals surface area (Å²) in [5.41, 5.74) is 5.95. The van der Waals surface area contributed by atoms with Gasteiger partial charge >= 0.3 is 0 Å². The van der Waals surface area contributed by atoms with Crippen LogP contribution < -0.4 is 0 Å². The average molecular weight is 432 g/mol. The highest BCUT2D eigenvalue weighted by Crippen LogP contribution is 2.26. The predicted molar refractivity (Wildman–Crippen MR) is 118 cm³/mol. The average Bonchev–Trinajstić information content (AvgIpc) is 3.24. The Morgan fingerprint density at radius 2 is 1.87 bits per heavy atom. The molecule has 31 heavy (non-hydrogen) atoms. The Balaban J connectivity index is 1.75. The molecule has 1 atom stereocenters. The molecular formula is C23H21N5O2S. The van der Waals surface area contributed by atoms with Gasteiger partial charge in [0.2, 0.25) is 11.1 Å². The summed E-state index contributed by atoms with van der Waals surface area (Å²) in [5.74, 6) is 0.634. The van der Waals surface area contributed by atoms with Crippen LogP contribution >= 0.6 is 0 Å². The maximum atomic E-state index is 11.5. The highest BCUT2D eigenvalue weighted by Gasteiger charge is 2.18. The molecule has 8 heteroatoms. The van der Waals surface area contributed by atoms with Crippen LogP contribution in [-0.4, -0.2) is 28.3 Å². The first kappa shape index (κ1) is 20.8. The number of rotatable bonds is 6. The van der Waals surface area contributed by atoms with E-state index >= 15 is 0 Å². The highest BCUT2D eigenvalue weighted by molar-refractivity contribution is 7.79. The molecule has 1 unspecified atom stereocenters. The molecule has 0 amide bonds. The second-order valence-electron chi connectivity index (χ2n) is 7.24. The number of aryl methyl sites for hydroxylation is 2. The molecule has 0 aliphatic heterocycles. The zero-order chi connectivity index (χ0) is 22.0. The molecule has 4 rings (SSSR count). The van der Waals surface area contributed by atoms with Gasteiger partial charge in [0.25, 0.3) is 5.16 Å². The van der Waals surface area contributed by atoms with Gasteiger partial charge in [0, 0.05) is 17.7 Å². The quantitative estimate of drug-likeness (QED) is 0.461. The second-order valence-corrected chi connectivity index (χ2v) is 8.11. The van der Waals surface area contributed by atoms with Crippen molar-refractivity contribution >= 4 is 16.7 Å². The van der Waals surface area contributed by atoms with E-state index in [1.165, 1.54) is 4.52 Å². The van der Waals surface area contributed by atoms with Crippen LogP contribution in [0.2, 0.25) is 0 Å². The number of fused-ring (bicyclic) bond motifs is 1. The van der Waals surface area contributed by atoms with Gasteiger partial charge in [-0.25, -0.2) is 9.19 Å². The molecule has 7 nitrogen and oxygen atoms in total. The molecule has 0 saturated carbocycles. The maximum absolute atomic E-state index is 11.5. The van der Waals surface area contributed by atoms with Crippen molar-refractivity contribution in [3.05, 3.63) is 76.7 Å². The summed E-state index contributed by atoms with van der Waals surface area (Å²) >= 11 is -2.26. The van der Waals surface area contributed by atoms with Crippen molar-refractivity contribution in [3.8, 4) is 17.2 Å². The van der Waals surface area contributed by atoms with Crippen molar-refractivity contribution in [2.75, 3.05) is 0 Å². The van der Waals surface area contributed by atoms with Crippen molar-refractivity contribution < 1.29 is 8.76 Å². The normalized spacial score (nSPS) is 12.1. The summed E-state index contributed by atoms with van der Waals surface area (Å²) in [4.78, 5) is 9.02. The lowest BCUT2D eigenvalue weighted by atomic mass is 9.97. The molecule has 2 heterocycles. The molecule has 0 saturated heterocycles. The lowest BCUT2D eigenvalue weighted by Gasteiger charge is -2.12. The minimum atomic E-state index is -2.26. The first-order valence-electron chi connectivity index (χ1n) is 9.96. The van der Waals surface area contributed by atoms with E-state index in [9.17, 15) is 14.0 Å². The van der Waals surface area contributed by atoms with E-state index in [4.69, 9.17) is 4.98 Å². The molecular weight excluding hydrogens is 410 g/mol. The summed E-state index contributed by atoms with van der Waals surface area (Å²) in [6.07, 6.45) is 2.28. The first-order valence-corrected chi connectivity index (χ1v) is 11.1. The molecule has 0 spiro atoms. The monoisotopic (exact) mass is 431 g/mol. The van der Waals surface area contributed by atoms with E-state index in [0.29, 0.717) is 23.5 Å². The summed E-state index contributed by atoms with van der Waals surface area (Å²) in [6.45, 7) is 3.90. The molecule has 0 fully saturated rings. The third kappa shape index (κ3) is 4.10. The topological polar surface area (TPSA) is 104 Å². The lowest BCUT2D eigenvalue weighted by molar-refractivity contribution is 0.554. The number of nitriles is 1. The van der Waals surface area contributed by atoms with E-state index in [2.05, 4.69) is 23.1 Å². The molecule has 0 aliphatic rings. The molecule has 0 radical (unpaired) electrons. The van der Waals surface area contributed by atoms with E-state index in [1.54, 1.807) is 0 Å². The van der Waals surface area contributed by atoms with Crippen LogP contribution in [0.4, 0.5) is 0 Å². The van der Waals surface area contributed by atoms with Crippen LogP contribution in [0.15, 0.2) is 53.7 Å². The Morgan fingerprint density at radius 1 is 1.13 bits per heavy atom. The summed E-state index contributed by atoms with van der Waals surface area (Å²) < 4.78 is 22.5. The number of hydrogen-bond acceptors (Lipinski definition) is 5.